The summed E-state index contributed by atoms with van der Waals surface area (Å²) in [6.45, 7) is 1.59. The summed E-state index contributed by atoms with van der Waals surface area (Å²) in [5, 5.41) is 4.48. The van der Waals surface area contributed by atoms with Crippen LogP contribution in [0.25, 0.3) is 5.65 Å². The fourth-order valence-corrected chi connectivity index (χ4v) is 1.88. The summed E-state index contributed by atoms with van der Waals surface area (Å²) < 4.78 is 1.80. The van der Waals surface area contributed by atoms with Gasteiger partial charge in [0, 0.05) is 12.3 Å². The molecule has 2 heterocycles. The molecule has 4 heteroatoms. The number of Topliss-reactive ketones (excluding diaryl/α,β-unsaturated/α-hetero) is 1. The monoisotopic (exact) mass is 215 g/mol. The molecule has 2 aromatic rings. The van der Waals surface area contributed by atoms with Crippen molar-refractivity contribution >= 4 is 11.4 Å². The first-order valence-electron chi connectivity index (χ1n) is 5.58. The van der Waals surface area contributed by atoms with Crippen LogP contribution in [0.15, 0.2) is 18.2 Å². The molecule has 1 aliphatic rings. The van der Waals surface area contributed by atoms with Gasteiger partial charge in [-0.25, -0.2) is 9.50 Å². The standard InChI is InChI=1S/C12H13N3O/c1-8(16)7-10-3-2-4-11-13-12(9-5-6-9)14-15(10)11/h2-4,9H,5-7H2,1H3. The largest absolute Gasteiger partial charge is 0.300 e. The van der Waals surface area contributed by atoms with Crippen molar-refractivity contribution in [3.05, 3.63) is 29.7 Å². The minimum absolute atomic E-state index is 0.149. The lowest BCUT2D eigenvalue weighted by Crippen LogP contribution is -2.04. The van der Waals surface area contributed by atoms with Gasteiger partial charge in [-0.3, -0.25) is 4.79 Å². The van der Waals surface area contributed by atoms with Crippen molar-refractivity contribution < 1.29 is 4.79 Å². The fourth-order valence-electron chi connectivity index (χ4n) is 1.88. The zero-order chi connectivity index (χ0) is 11.1. The Balaban J connectivity index is 2.09. The molecule has 3 rings (SSSR count). The molecule has 1 aliphatic carbocycles. The van der Waals surface area contributed by atoms with E-state index in [2.05, 4.69) is 10.1 Å². The predicted octanol–water partition coefficient (Wildman–Crippen LogP) is 1.74. The van der Waals surface area contributed by atoms with Crippen molar-refractivity contribution in [2.24, 2.45) is 0 Å². The Morgan fingerprint density at radius 2 is 2.31 bits per heavy atom. The second kappa shape index (κ2) is 3.40. The first-order valence-corrected chi connectivity index (χ1v) is 5.58. The number of hydrogen-bond donors (Lipinski definition) is 0. The van der Waals surface area contributed by atoms with Crippen molar-refractivity contribution in [1.82, 2.24) is 14.6 Å². The van der Waals surface area contributed by atoms with Gasteiger partial charge in [0.15, 0.2) is 11.5 Å². The van der Waals surface area contributed by atoms with E-state index in [1.807, 2.05) is 18.2 Å². The molecule has 0 saturated heterocycles. The zero-order valence-electron chi connectivity index (χ0n) is 9.18. The highest BCUT2D eigenvalue weighted by Gasteiger charge is 2.28. The van der Waals surface area contributed by atoms with Crippen LogP contribution < -0.4 is 0 Å². The van der Waals surface area contributed by atoms with Gasteiger partial charge < -0.3 is 0 Å². The maximum absolute atomic E-state index is 11.1. The maximum atomic E-state index is 11.1. The number of aromatic nitrogens is 3. The van der Waals surface area contributed by atoms with Crippen LogP contribution in [0, 0.1) is 0 Å². The molecule has 16 heavy (non-hydrogen) atoms. The number of carbonyl (C=O) groups excluding carboxylic acids is 1. The molecule has 82 valence electrons. The highest BCUT2D eigenvalue weighted by molar-refractivity contribution is 5.77. The van der Waals surface area contributed by atoms with Gasteiger partial charge in [-0.15, -0.1) is 0 Å². The summed E-state index contributed by atoms with van der Waals surface area (Å²) in [5.74, 6) is 1.62. The van der Waals surface area contributed by atoms with Crippen LogP contribution in [-0.4, -0.2) is 20.4 Å². The average molecular weight is 215 g/mol. The van der Waals surface area contributed by atoms with Crippen LogP contribution >= 0.6 is 0 Å². The molecule has 1 saturated carbocycles. The van der Waals surface area contributed by atoms with Crippen LogP contribution in [0.2, 0.25) is 0 Å². The van der Waals surface area contributed by atoms with E-state index in [4.69, 9.17) is 0 Å². The highest BCUT2D eigenvalue weighted by Crippen LogP contribution is 2.38. The third-order valence-corrected chi connectivity index (χ3v) is 2.83. The smallest absolute Gasteiger partial charge is 0.155 e. The first kappa shape index (κ1) is 9.51. The van der Waals surface area contributed by atoms with Gasteiger partial charge >= 0.3 is 0 Å². The van der Waals surface area contributed by atoms with Gasteiger partial charge in [0.25, 0.3) is 0 Å². The Labute approximate surface area is 93.3 Å². The van der Waals surface area contributed by atoms with E-state index in [0.717, 1.165) is 17.2 Å². The highest BCUT2D eigenvalue weighted by atomic mass is 16.1. The molecule has 0 bridgehead atoms. The van der Waals surface area contributed by atoms with Crippen LogP contribution in [0.5, 0.6) is 0 Å². The van der Waals surface area contributed by atoms with Crippen molar-refractivity contribution in [2.45, 2.75) is 32.1 Å². The molecule has 4 nitrogen and oxygen atoms in total. The topological polar surface area (TPSA) is 47.3 Å². The number of rotatable bonds is 3. The number of carbonyl (C=O) groups is 1. The van der Waals surface area contributed by atoms with Crippen LogP contribution in [0.4, 0.5) is 0 Å². The lowest BCUT2D eigenvalue weighted by atomic mass is 10.2. The minimum atomic E-state index is 0.149. The third-order valence-electron chi connectivity index (χ3n) is 2.83. The zero-order valence-corrected chi connectivity index (χ0v) is 9.18. The molecule has 2 aromatic heterocycles. The van der Waals surface area contributed by atoms with Crippen molar-refractivity contribution in [2.75, 3.05) is 0 Å². The van der Waals surface area contributed by atoms with Crippen LogP contribution in [-0.2, 0) is 11.2 Å². The van der Waals surface area contributed by atoms with E-state index in [1.54, 1.807) is 11.4 Å². The fraction of sp³-hybridized carbons (Fsp3) is 0.417. The summed E-state index contributed by atoms with van der Waals surface area (Å²) in [6.07, 6.45) is 2.81. The van der Waals surface area contributed by atoms with E-state index in [9.17, 15) is 4.79 Å². The second-order valence-electron chi connectivity index (χ2n) is 4.41. The SMILES string of the molecule is CC(=O)Cc1cccc2nc(C3CC3)nn12. The molecule has 0 aromatic carbocycles. The van der Waals surface area contributed by atoms with Crippen molar-refractivity contribution in [3.63, 3.8) is 0 Å². The summed E-state index contributed by atoms with van der Waals surface area (Å²) in [5.41, 5.74) is 1.77. The molecule has 0 aliphatic heterocycles. The summed E-state index contributed by atoms with van der Waals surface area (Å²) in [7, 11) is 0. The van der Waals surface area contributed by atoms with E-state index < -0.39 is 0 Å². The van der Waals surface area contributed by atoms with Gasteiger partial charge in [-0.1, -0.05) is 6.07 Å². The van der Waals surface area contributed by atoms with Crippen LogP contribution in [0.3, 0.4) is 0 Å². The number of pyridine rings is 1. The molecule has 1 fully saturated rings. The van der Waals surface area contributed by atoms with Crippen LogP contribution in [0.1, 0.15) is 37.2 Å². The molecular weight excluding hydrogens is 202 g/mol. The van der Waals surface area contributed by atoms with E-state index in [1.165, 1.54) is 12.8 Å². The normalized spacial score (nSPS) is 15.6. The molecule has 0 atom stereocenters. The van der Waals surface area contributed by atoms with Gasteiger partial charge in [0.2, 0.25) is 0 Å². The number of fused-ring (bicyclic) bond motifs is 1. The van der Waals surface area contributed by atoms with Gasteiger partial charge in [0.1, 0.15) is 5.78 Å². The third kappa shape index (κ3) is 1.60. The van der Waals surface area contributed by atoms with Gasteiger partial charge in [-0.2, -0.15) is 5.10 Å². The second-order valence-corrected chi connectivity index (χ2v) is 4.41. The lowest BCUT2D eigenvalue weighted by Gasteiger charge is -2.00. The lowest BCUT2D eigenvalue weighted by molar-refractivity contribution is -0.116. The molecule has 0 amide bonds. The van der Waals surface area contributed by atoms with Crippen molar-refractivity contribution in [3.8, 4) is 0 Å². The summed E-state index contributed by atoms with van der Waals surface area (Å²) >= 11 is 0. The molecular formula is C12H13N3O. The summed E-state index contributed by atoms with van der Waals surface area (Å²) in [4.78, 5) is 15.6. The van der Waals surface area contributed by atoms with Gasteiger partial charge in [0.05, 0.1) is 5.69 Å². The predicted molar refractivity (Wildman–Crippen MR) is 59.3 cm³/mol. The summed E-state index contributed by atoms with van der Waals surface area (Å²) in [6, 6.07) is 5.79. The number of ketones is 1. The van der Waals surface area contributed by atoms with E-state index in [0.29, 0.717) is 12.3 Å². The average Bonchev–Trinajstić information content (AvgIpc) is 2.98. The maximum Gasteiger partial charge on any atom is 0.155 e. The molecule has 0 N–H and O–H groups in total. The van der Waals surface area contributed by atoms with E-state index >= 15 is 0 Å². The molecule has 0 unspecified atom stereocenters. The van der Waals surface area contributed by atoms with E-state index in [-0.39, 0.29) is 5.78 Å². The van der Waals surface area contributed by atoms with Gasteiger partial charge in [-0.05, 0) is 31.9 Å². The Bertz CT molecular complexity index is 554. The quantitative estimate of drug-likeness (QED) is 0.783. The minimum Gasteiger partial charge on any atom is -0.300 e. The molecule has 0 radical (unpaired) electrons. The Morgan fingerprint density at radius 1 is 1.50 bits per heavy atom. The molecule has 0 spiro atoms. The Hall–Kier alpha value is -1.71. The van der Waals surface area contributed by atoms with Crippen molar-refractivity contribution in [1.29, 1.82) is 0 Å². The Morgan fingerprint density at radius 3 is 3.00 bits per heavy atom. The number of hydrogen-bond acceptors (Lipinski definition) is 3. The first-order chi connectivity index (χ1) is 7.74. The Kier molecular flexibility index (Phi) is 2.02. The number of nitrogens with zero attached hydrogens (tertiary/aromatic N) is 3.